The lowest BCUT2D eigenvalue weighted by Crippen LogP contribution is -2.09. The van der Waals surface area contributed by atoms with Crippen molar-refractivity contribution >= 4 is 27.7 Å². The molecule has 0 aliphatic carbocycles. The summed E-state index contributed by atoms with van der Waals surface area (Å²) >= 11 is 5.24. The van der Waals surface area contributed by atoms with Gasteiger partial charge >= 0.3 is 0 Å². The monoisotopic (exact) mass is 354 g/mol. The first kappa shape index (κ1) is 15.6. The summed E-state index contributed by atoms with van der Waals surface area (Å²) in [5, 5.41) is 15.0. The first-order valence-electron chi connectivity index (χ1n) is 6.61. The third-order valence-corrected chi connectivity index (χ3v) is 5.18. The molecular formula is C15H19BrN2OS. The van der Waals surface area contributed by atoms with Gasteiger partial charge in [-0.25, -0.2) is 0 Å². The Morgan fingerprint density at radius 3 is 2.75 bits per heavy atom. The van der Waals surface area contributed by atoms with E-state index in [0.29, 0.717) is 6.42 Å². The molecule has 5 heteroatoms. The van der Waals surface area contributed by atoms with Gasteiger partial charge in [-0.2, -0.15) is 5.10 Å². The maximum absolute atomic E-state index is 10.6. The van der Waals surface area contributed by atoms with Crippen LogP contribution in [0.1, 0.15) is 30.0 Å². The molecule has 1 aromatic heterocycles. The van der Waals surface area contributed by atoms with E-state index in [1.807, 2.05) is 42.1 Å². The number of hydrogen-bond donors (Lipinski definition) is 1. The summed E-state index contributed by atoms with van der Waals surface area (Å²) in [6.45, 7) is 4.84. The molecule has 0 amide bonds. The molecule has 0 aliphatic rings. The predicted molar refractivity (Wildman–Crippen MR) is 87.2 cm³/mol. The van der Waals surface area contributed by atoms with Gasteiger partial charge in [0.2, 0.25) is 0 Å². The van der Waals surface area contributed by atoms with Crippen molar-refractivity contribution in [3.05, 3.63) is 45.7 Å². The third-order valence-electron chi connectivity index (χ3n) is 3.34. The van der Waals surface area contributed by atoms with E-state index >= 15 is 0 Å². The molecular weight excluding hydrogens is 336 g/mol. The van der Waals surface area contributed by atoms with Crippen molar-refractivity contribution in [1.82, 2.24) is 9.78 Å². The van der Waals surface area contributed by atoms with Crippen LogP contribution in [0.5, 0.6) is 0 Å². The molecule has 1 N–H and O–H groups in total. The summed E-state index contributed by atoms with van der Waals surface area (Å²) in [5.41, 5.74) is 2.99. The molecule has 1 aromatic carbocycles. The van der Waals surface area contributed by atoms with Gasteiger partial charge in [0, 0.05) is 17.9 Å². The Kier molecular flexibility index (Phi) is 5.29. The van der Waals surface area contributed by atoms with E-state index in [1.165, 1.54) is 0 Å². The van der Waals surface area contributed by atoms with Crippen LogP contribution in [-0.4, -0.2) is 21.1 Å². The SMILES string of the molecule is CCn1nc(C)c(Br)c1CC(O)c1ccccc1SC. The number of rotatable bonds is 5. The quantitative estimate of drug-likeness (QED) is 0.825. The van der Waals surface area contributed by atoms with Gasteiger partial charge in [0.25, 0.3) is 0 Å². The molecule has 1 heterocycles. The van der Waals surface area contributed by atoms with E-state index in [2.05, 4.69) is 28.0 Å². The summed E-state index contributed by atoms with van der Waals surface area (Å²) in [4.78, 5) is 1.12. The van der Waals surface area contributed by atoms with Crippen LogP contribution in [0.4, 0.5) is 0 Å². The fourth-order valence-corrected chi connectivity index (χ4v) is 3.40. The number of hydrogen-bond acceptors (Lipinski definition) is 3. The predicted octanol–water partition coefficient (Wildman–Crippen LogP) is 3.97. The molecule has 0 radical (unpaired) electrons. The lowest BCUT2D eigenvalue weighted by Gasteiger charge is -2.15. The Morgan fingerprint density at radius 2 is 2.10 bits per heavy atom. The van der Waals surface area contributed by atoms with E-state index in [-0.39, 0.29) is 0 Å². The molecule has 0 bridgehead atoms. The average Bonchev–Trinajstić information content (AvgIpc) is 2.74. The van der Waals surface area contributed by atoms with Crippen molar-refractivity contribution in [3.8, 4) is 0 Å². The standard InChI is InChI=1S/C15H19BrN2OS/c1-4-18-12(15(16)10(2)17-18)9-13(19)11-7-5-6-8-14(11)20-3/h5-8,13,19H,4,9H2,1-3H3. The highest BCUT2D eigenvalue weighted by molar-refractivity contribution is 9.10. The van der Waals surface area contributed by atoms with Gasteiger partial charge < -0.3 is 5.11 Å². The Labute approximate surface area is 132 Å². The summed E-state index contributed by atoms with van der Waals surface area (Å²) < 4.78 is 2.95. The van der Waals surface area contributed by atoms with E-state index in [9.17, 15) is 5.11 Å². The normalized spacial score (nSPS) is 12.7. The second kappa shape index (κ2) is 6.78. The van der Waals surface area contributed by atoms with Crippen molar-refractivity contribution in [1.29, 1.82) is 0 Å². The van der Waals surface area contributed by atoms with Crippen LogP contribution >= 0.6 is 27.7 Å². The molecule has 1 atom stereocenters. The maximum atomic E-state index is 10.6. The van der Waals surface area contributed by atoms with Crippen molar-refractivity contribution in [2.24, 2.45) is 0 Å². The molecule has 0 saturated carbocycles. The van der Waals surface area contributed by atoms with E-state index in [1.54, 1.807) is 11.8 Å². The molecule has 0 aliphatic heterocycles. The summed E-state index contributed by atoms with van der Waals surface area (Å²) in [5.74, 6) is 0. The molecule has 0 spiro atoms. The number of halogens is 1. The molecule has 1 unspecified atom stereocenters. The van der Waals surface area contributed by atoms with E-state index in [4.69, 9.17) is 0 Å². The minimum atomic E-state index is -0.517. The van der Waals surface area contributed by atoms with Crippen molar-refractivity contribution < 1.29 is 5.11 Å². The van der Waals surface area contributed by atoms with Crippen molar-refractivity contribution in [2.75, 3.05) is 6.26 Å². The van der Waals surface area contributed by atoms with E-state index < -0.39 is 6.10 Å². The largest absolute Gasteiger partial charge is 0.388 e. The smallest absolute Gasteiger partial charge is 0.0856 e. The first-order valence-corrected chi connectivity index (χ1v) is 8.63. The fraction of sp³-hybridized carbons (Fsp3) is 0.400. The molecule has 20 heavy (non-hydrogen) atoms. The highest BCUT2D eigenvalue weighted by Crippen LogP contribution is 2.30. The Balaban J connectivity index is 2.30. The number of aromatic nitrogens is 2. The Morgan fingerprint density at radius 1 is 1.40 bits per heavy atom. The zero-order chi connectivity index (χ0) is 14.7. The second-order valence-corrected chi connectivity index (χ2v) is 6.26. The fourth-order valence-electron chi connectivity index (χ4n) is 2.30. The number of nitrogens with zero attached hydrogens (tertiary/aromatic N) is 2. The molecule has 0 fully saturated rings. The first-order chi connectivity index (χ1) is 9.58. The highest BCUT2D eigenvalue weighted by atomic mass is 79.9. The molecule has 2 aromatic rings. The lowest BCUT2D eigenvalue weighted by molar-refractivity contribution is 0.172. The van der Waals surface area contributed by atoms with Crippen LogP contribution in [0, 0.1) is 6.92 Å². The molecule has 3 nitrogen and oxygen atoms in total. The van der Waals surface area contributed by atoms with Crippen LogP contribution in [0.2, 0.25) is 0 Å². The van der Waals surface area contributed by atoms with Gasteiger partial charge in [0.1, 0.15) is 0 Å². The molecule has 0 saturated heterocycles. The zero-order valence-corrected chi connectivity index (χ0v) is 14.3. The number of aliphatic hydroxyl groups excluding tert-OH is 1. The van der Waals surface area contributed by atoms with Crippen LogP contribution in [-0.2, 0) is 13.0 Å². The lowest BCUT2D eigenvalue weighted by atomic mass is 10.0. The van der Waals surface area contributed by atoms with Crippen LogP contribution in [0.15, 0.2) is 33.6 Å². The third kappa shape index (κ3) is 3.10. The summed E-state index contributed by atoms with van der Waals surface area (Å²) in [6.07, 6.45) is 2.07. The van der Waals surface area contributed by atoms with Gasteiger partial charge in [-0.05, 0) is 47.7 Å². The van der Waals surface area contributed by atoms with Gasteiger partial charge in [0.05, 0.1) is 22.0 Å². The molecule has 108 valence electrons. The van der Waals surface area contributed by atoms with Gasteiger partial charge in [0.15, 0.2) is 0 Å². The zero-order valence-electron chi connectivity index (χ0n) is 11.9. The number of aryl methyl sites for hydroxylation is 2. The number of thioether (sulfide) groups is 1. The summed E-state index contributed by atoms with van der Waals surface area (Å²) in [7, 11) is 0. The Hall–Kier alpha value is -0.780. The van der Waals surface area contributed by atoms with Crippen LogP contribution in [0.25, 0.3) is 0 Å². The van der Waals surface area contributed by atoms with Crippen molar-refractivity contribution in [3.63, 3.8) is 0 Å². The Bertz CT molecular complexity index is 598. The highest BCUT2D eigenvalue weighted by Gasteiger charge is 2.18. The minimum Gasteiger partial charge on any atom is -0.388 e. The van der Waals surface area contributed by atoms with Gasteiger partial charge in [-0.15, -0.1) is 11.8 Å². The number of benzene rings is 1. The van der Waals surface area contributed by atoms with E-state index in [0.717, 1.165) is 32.9 Å². The minimum absolute atomic E-state index is 0.517. The summed E-state index contributed by atoms with van der Waals surface area (Å²) in [6, 6.07) is 8.00. The maximum Gasteiger partial charge on any atom is 0.0856 e. The van der Waals surface area contributed by atoms with Gasteiger partial charge in [-0.1, -0.05) is 18.2 Å². The topological polar surface area (TPSA) is 38.0 Å². The van der Waals surface area contributed by atoms with Crippen LogP contribution < -0.4 is 0 Å². The number of aliphatic hydroxyl groups is 1. The van der Waals surface area contributed by atoms with Gasteiger partial charge in [-0.3, -0.25) is 4.68 Å². The van der Waals surface area contributed by atoms with Crippen molar-refractivity contribution in [2.45, 2.75) is 37.8 Å². The molecule has 2 rings (SSSR count). The van der Waals surface area contributed by atoms with Crippen LogP contribution in [0.3, 0.4) is 0 Å². The average molecular weight is 355 g/mol. The second-order valence-electron chi connectivity index (χ2n) is 4.62.